The molecule has 1 atom stereocenters. The molecule has 1 aromatic carbocycles. The fourth-order valence-corrected chi connectivity index (χ4v) is 1.70. The molecule has 0 fully saturated rings. The average molecular weight is 247 g/mol. The lowest BCUT2D eigenvalue weighted by molar-refractivity contribution is 0.986. The van der Waals surface area contributed by atoms with Crippen molar-refractivity contribution in [1.82, 2.24) is 0 Å². The third-order valence-corrected chi connectivity index (χ3v) is 3.15. The molecule has 12 heavy (non-hydrogen) atoms. The minimum atomic E-state index is 0.234. The molecule has 1 aromatic rings. The van der Waals surface area contributed by atoms with E-state index in [2.05, 4.69) is 22.9 Å². The van der Waals surface area contributed by atoms with Gasteiger partial charge in [0.1, 0.15) is 0 Å². The fourth-order valence-electron chi connectivity index (χ4n) is 1.07. The van der Waals surface area contributed by atoms with Crippen molar-refractivity contribution in [3.63, 3.8) is 0 Å². The average Bonchev–Trinajstić information content (AvgIpc) is 2.08. The normalized spacial score (nSPS) is 13.0. The Morgan fingerprint density at radius 3 is 2.83 bits per heavy atom. The molecule has 0 N–H and O–H groups in total. The Balaban J connectivity index is 3.07. The summed E-state index contributed by atoms with van der Waals surface area (Å²) in [5.41, 5.74) is 2.23. The molecule has 0 aromatic heterocycles. The van der Waals surface area contributed by atoms with Crippen LogP contribution in [0.5, 0.6) is 0 Å². The van der Waals surface area contributed by atoms with Crippen molar-refractivity contribution in [1.29, 1.82) is 0 Å². The lowest BCUT2D eigenvalue weighted by atomic mass is 10.0. The second-order valence-electron chi connectivity index (χ2n) is 2.83. The molecule has 0 spiro atoms. The summed E-state index contributed by atoms with van der Waals surface area (Å²) in [6.45, 7) is 6.00. The number of hydrogen-bond acceptors (Lipinski definition) is 0. The Morgan fingerprint density at radius 1 is 1.58 bits per heavy atom. The Labute approximate surface area is 87.1 Å². The van der Waals surface area contributed by atoms with Gasteiger partial charge in [-0.05, 0) is 30.9 Å². The lowest BCUT2D eigenvalue weighted by Crippen LogP contribution is -1.96. The molecule has 0 aliphatic heterocycles. The van der Waals surface area contributed by atoms with E-state index in [0.29, 0.717) is 0 Å². The van der Waals surface area contributed by atoms with Gasteiger partial charge < -0.3 is 0 Å². The summed E-state index contributed by atoms with van der Waals surface area (Å²) in [5, 5.41) is 1.69. The van der Waals surface area contributed by atoms with Crippen molar-refractivity contribution in [3.8, 4) is 0 Å². The molecule has 1 rings (SSSR count). The SMILES string of the molecule is [CH2]C(CBr)c1cccc(C)c1Cl. The molecule has 0 saturated carbocycles. The van der Waals surface area contributed by atoms with E-state index in [-0.39, 0.29) is 5.92 Å². The Morgan fingerprint density at radius 2 is 2.25 bits per heavy atom. The zero-order chi connectivity index (χ0) is 9.14. The predicted octanol–water partition coefficient (Wildman–Crippen LogP) is 3.96. The fraction of sp³-hybridized carbons (Fsp3) is 0.300. The van der Waals surface area contributed by atoms with Crippen molar-refractivity contribution in [2.75, 3.05) is 5.33 Å². The van der Waals surface area contributed by atoms with Crippen LogP contribution in [0.1, 0.15) is 17.0 Å². The largest absolute Gasteiger partial charge is 0.0921 e. The maximum absolute atomic E-state index is 6.11. The molecule has 0 saturated heterocycles. The van der Waals surface area contributed by atoms with Gasteiger partial charge in [0, 0.05) is 10.4 Å². The highest BCUT2D eigenvalue weighted by molar-refractivity contribution is 9.09. The molecular weight excluding hydrogens is 235 g/mol. The Kier molecular flexibility index (Phi) is 3.60. The Hall–Kier alpha value is -0.0100. The second kappa shape index (κ2) is 4.29. The maximum Gasteiger partial charge on any atom is 0.0470 e. The summed E-state index contributed by atoms with van der Waals surface area (Å²) in [7, 11) is 0. The van der Waals surface area contributed by atoms with Gasteiger partial charge >= 0.3 is 0 Å². The zero-order valence-corrected chi connectivity index (χ0v) is 9.32. The van der Waals surface area contributed by atoms with Crippen LogP contribution in [0, 0.1) is 13.8 Å². The quantitative estimate of drug-likeness (QED) is 0.693. The second-order valence-corrected chi connectivity index (χ2v) is 3.85. The van der Waals surface area contributed by atoms with Crippen LogP contribution >= 0.6 is 27.5 Å². The van der Waals surface area contributed by atoms with E-state index in [1.165, 1.54) is 0 Å². The number of hydrogen-bond donors (Lipinski definition) is 0. The van der Waals surface area contributed by atoms with Crippen LogP contribution in [-0.2, 0) is 0 Å². The minimum Gasteiger partial charge on any atom is -0.0921 e. The summed E-state index contributed by atoms with van der Waals surface area (Å²) in [6, 6.07) is 6.04. The van der Waals surface area contributed by atoms with E-state index in [1.54, 1.807) is 0 Å². The molecule has 0 amide bonds. The molecule has 0 heterocycles. The maximum atomic E-state index is 6.11. The van der Waals surface area contributed by atoms with Gasteiger partial charge in [-0.15, -0.1) is 0 Å². The third-order valence-electron chi connectivity index (χ3n) is 1.85. The smallest absolute Gasteiger partial charge is 0.0470 e. The van der Waals surface area contributed by atoms with Gasteiger partial charge in [-0.3, -0.25) is 0 Å². The highest BCUT2D eigenvalue weighted by Gasteiger charge is 2.08. The third kappa shape index (κ3) is 2.02. The first-order valence-electron chi connectivity index (χ1n) is 3.81. The zero-order valence-electron chi connectivity index (χ0n) is 6.98. The number of rotatable bonds is 2. The van der Waals surface area contributed by atoms with Crippen LogP contribution < -0.4 is 0 Å². The molecule has 1 unspecified atom stereocenters. The van der Waals surface area contributed by atoms with Gasteiger partial charge in [0.25, 0.3) is 0 Å². The predicted molar refractivity (Wildman–Crippen MR) is 58.1 cm³/mol. The van der Waals surface area contributed by atoms with E-state index < -0.39 is 0 Å². The Bertz CT molecular complexity index is 271. The first-order chi connectivity index (χ1) is 5.66. The molecule has 65 valence electrons. The van der Waals surface area contributed by atoms with Gasteiger partial charge in [0.15, 0.2) is 0 Å². The summed E-state index contributed by atoms with van der Waals surface area (Å²) in [4.78, 5) is 0. The summed E-state index contributed by atoms with van der Waals surface area (Å²) in [5.74, 6) is 0.234. The van der Waals surface area contributed by atoms with E-state index in [1.807, 2.05) is 25.1 Å². The van der Waals surface area contributed by atoms with E-state index >= 15 is 0 Å². The molecule has 0 aliphatic rings. The molecule has 2 heteroatoms. The number of benzene rings is 1. The van der Waals surface area contributed by atoms with Crippen LogP contribution in [0.3, 0.4) is 0 Å². The van der Waals surface area contributed by atoms with Crippen LogP contribution in [0.15, 0.2) is 18.2 Å². The molecule has 0 aliphatic carbocycles. The van der Waals surface area contributed by atoms with Crippen LogP contribution in [-0.4, -0.2) is 5.33 Å². The minimum absolute atomic E-state index is 0.234. The van der Waals surface area contributed by atoms with Gasteiger partial charge in [-0.25, -0.2) is 0 Å². The van der Waals surface area contributed by atoms with Crippen LogP contribution in [0.2, 0.25) is 5.02 Å². The molecule has 1 radical (unpaired) electrons. The van der Waals surface area contributed by atoms with Crippen molar-refractivity contribution in [2.24, 2.45) is 0 Å². The topological polar surface area (TPSA) is 0 Å². The standard InChI is InChI=1S/C10H11BrCl/c1-7-4-3-5-9(10(7)12)8(2)6-11/h3-5,8H,2,6H2,1H3. The molecule has 0 bridgehead atoms. The van der Waals surface area contributed by atoms with E-state index in [4.69, 9.17) is 11.6 Å². The highest BCUT2D eigenvalue weighted by Crippen LogP contribution is 2.27. The number of alkyl halides is 1. The summed E-state index contributed by atoms with van der Waals surface area (Å²) < 4.78 is 0. The van der Waals surface area contributed by atoms with E-state index in [0.717, 1.165) is 21.5 Å². The van der Waals surface area contributed by atoms with Gasteiger partial charge in [0.05, 0.1) is 0 Å². The van der Waals surface area contributed by atoms with Crippen molar-refractivity contribution in [2.45, 2.75) is 12.8 Å². The van der Waals surface area contributed by atoms with E-state index in [9.17, 15) is 0 Å². The first-order valence-corrected chi connectivity index (χ1v) is 5.30. The van der Waals surface area contributed by atoms with Gasteiger partial charge in [-0.2, -0.15) is 0 Å². The summed E-state index contributed by atoms with van der Waals surface area (Å²) >= 11 is 9.50. The van der Waals surface area contributed by atoms with Crippen molar-refractivity contribution in [3.05, 3.63) is 41.3 Å². The highest BCUT2D eigenvalue weighted by atomic mass is 79.9. The van der Waals surface area contributed by atoms with Gasteiger partial charge in [0.2, 0.25) is 0 Å². The summed E-state index contributed by atoms with van der Waals surface area (Å²) in [6.07, 6.45) is 0. The monoisotopic (exact) mass is 245 g/mol. The first kappa shape index (κ1) is 10.1. The molecular formula is C10H11BrCl. The van der Waals surface area contributed by atoms with Crippen LogP contribution in [0.4, 0.5) is 0 Å². The van der Waals surface area contributed by atoms with Gasteiger partial charge in [-0.1, -0.05) is 45.7 Å². The lowest BCUT2D eigenvalue weighted by Gasteiger charge is -2.11. The number of halogens is 2. The van der Waals surface area contributed by atoms with Crippen LogP contribution in [0.25, 0.3) is 0 Å². The van der Waals surface area contributed by atoms with Crippen molar-refractivity contribution < 1.29 is 0 Å². The number of aryl methyl sites for hydroxylation is 1. The van der Waals surface area contributed by atoms with Crippen molar-refractivity contribution >= 4 is 27.5 Å². The molecule has 0 nitrogen and oxygen atoms in total.